The molecule has 0 saturated carbocycles. The van der Waals surface area contributed by atoms with Crippen molar-refractivity contribution in [3.63, 3.8) is 0 Å². The van der Waals surface area contributed by atoms with Crippen LogP contribution in [0.5, 0.6) is 0 Å². The molecule has 2 unspecified atom stereocenters. The van der Waals surface area contributed by atoms with Crippen molar-refractivity contribution in [2.45, 2.75) is 12.5 Å². The van der Waals surface area contributed by atoms with Gasteiger partial charge in [0.25, 0.3) is 0 Å². The summed E-state index contributed by atoms with van der Waals surface area (Å²) in [5, 5.41) is 17.4. The smallest absolute Gasteiger partial charge is 0.308 e. The van der Waals surface area contributed by atoms with E-state index in [-0.39, 0.29) is 13.2 Å². The fourth-order valence-corrected chi connectivity index (χ4v) is 0.983. The predicted molar refractivity (Wildman–Crippen MR) is 32.6 cm³/mol. The van der Waals surface area contributed by atoms with E-state index in [4.69, 9.17) is 14.9 Å². The number of rotatable bonds is 1. The first-order chi connectivity index (χ1) is 4.70. The van der Waals surface area contributed by atoms with Gasteiger partial charge in [-0.15, -0.1) is 0 Å². The maximum Gasteiger partial charge on any atom is 0.308 e. The molecule has 0 bridgehead atoms. The SMILES string of the molecule is O=C(O)C1COCC(O)C1. The number of carboxylic acid groups (broad SMARTS) is 1. The zero-order valence-corrected chi connectivity index (χ0v) is 5.49. The Bertz CT molecular complexity index is 134. The summed E-state index contributed by atoms with van der Waals surface area (Å²) in [5.41, 5.74) is 0. The number of aliphatic hydroxyl groups excluding tert-OH is 1. The van der Waals surface area contributed by atoms with Crippen LogP contribution in [-0.2, 0) is 9.53 Å². The lowest BCUT2D eigenvalue weighted by atomic mass is 10.0. The van der Waals surface area contributed by atoms with Gasteiger partial charge in [-0.1, -0.05) is 0 Å². The van der Waals surface area contributed by atoms with Gasteiger partial charge in [0.05, 0.1) is 25.2 Å². The lowest BCUT2D eigenvalue weighted by Crippen LogP contribution is -2.33. The Morgan fingerprint density at radius 2 is 2.20 bits per heavy atom. The van der Waals surface area contributed by atoms with E-state index < -0.39 is 18.0 Å². The molecule has 1 rings (SSSR count). The van der Waals surface area contributed by atoms with Gasteiger partial charge in [-0.25, -0.2) is 0 Å². The summed E-state index contributed by atoms with van der Waals surface area (Å²) >= 11 is 0. The second-order valence-electron chi connectivity index (χ2n) is 2.46. The molecule has 1 saturated heterocycles. The maximum absolute atomic E-state index is 10.3. The van der Waals surface area contributed by atoms with E-state index in [1.165, 1.54) is 0 Å². The first-order valence-corrected chi connectivity index (χ1v) is 3.18. The van der Waals surface area contributed by atoms with Crippen LogP contribution >= 0.6 is 0 Å². The van der Waals surface area contributed by atoms with Gasteiger partial charge in [0.1, 0.15) is 0 Å². The molecule has 1 aliphatic heterocycles. The summed E-state index contributed by atoms with van der Waals surface area (Å²) in [6, 6.07) is 0. The lowest BCUT2D eigenvalue weighted by Gasteiger charge is -2.22. The minimum atomic E-state index is -0.890. The van der Waals surface area contributed by atoms with Gasteiger partial charge in [-0.2, -0.15) is 0 Å². The van der Waals surface area contributed by atoms with Gasteiger partial charge in [0, 0.05) is 0 Å². The molecular weight excluding hydrogens is 136 g/mol. The molecule has 0 spiro atoms. The van der Waals surface area contributed by atoms with E-state index in [0.29, 0.717) is 6.42 Å². The first-order valence-electron chi connectivity index (χ1n) is 3.18. The van der Waals surface area contributed by atoms with Gasteiger partial charge in [-0.05, 0) is 6.42 Å². The van der Waals surface area contributed by atoms with E-state index in [1.807, 2.05) is 0 Å². The highest BCUT2D eigenvalue weighted by Gasteiger charge is 2.25. The molecule has 0 radical (unpaired) electrons. The molecule has 2 N–H and O–H groups in total. The number of carboxylic acids is 1. The zero-order valence-electron chi connectivity index (χ0n) is 5.49. The van der Waals surface area contributed by atoms with Gasteiger partial charge in [0.15, 0.2) is 0 Å². The van der Waals surface area contributed by atoms with Crippen molar-refractivity contribution in [3.05, 3.63) is 0 Å². The molecule has 1 aliphatic rings. The van der Waals surface area contributed by atoms with Crippen LogP contribution in [-0.4, -0.2) is 35.5 Å². The minimum Gasteiger partial charge on any atom is -0.481 e. The Morgan fingerprint density at radius 3 is 2.60 bits per heavy atom. The van der Waals surface area contributed by atoms with E-state index in [0.717, 1.165) is 0 Å². The molecule has 0 aromatic heterocycles. The zero-order chi connectivity index (χ0) is 7.56. The Hall–Kier alpha value is -0.610. The summed E-state index contributed by atoms with van der Waals surface area (Å²) < 4.78 is 4.82. The molecule has 58 valence electrons. The Balaban J connectivity index is 2.39. The fourth-order valence-electron chi connectivity index (χ4n) is 0.983. The molecule has 0 aromatic rings. The largest absolute Gasteiger partial charge is 0.481 e. The van der Waals surface area contributed by atoms with E-state index >= 15 is 0 Å². The van der Waals surface area contributed by atoms with Crippen LogP contribution in [0.3, 0.4) is 0 Å². The van der Waals surface area contributed by atoms with Crippen molar-refractivity contribution in [2.75, 3.05) is 13.2 Å². The normalized spacial score (nSPS) is 33.7. The predicted octanol–water partition coefficient (Wildman–Crippen LogP) is -0.532. The minimum absolute atomic E-state index is 0.229. The van der Waals surface area contributed by atoms with Crippen LogP contribution < -0.4 is 0 Å². The second kappa shape index (κ2) is 2.98. The lowest BCUT2D eigenvalue weighted by molar-refractivity contribution is -0.149. The third-order valence-corrected chi connectivity index (χ3v) is 1.54. The van der Waals surface area contributed by atoms with Crippen LogP contribution in [0.1, 0.15) is 6.42 Å². The Morgan fingerprint density at radius 1 is 1.50 bits per heavy atom. The maximum atomic E-state index is 10.3. The molecule has 0 amide bonds. The quantitative estimate of drug-likeness (QED) is 0.521. The van der Waals surface area contributed by atoms with Crippen molar-refractivity contribution < 1.29 is 19.7 Å². The van der Waals surface area contributed by atoms with Gasteiger partial charge in [-0.3, -0.25) is 4.79 Å². The molecule has 4 heteroatoms. The van der Waals surface area contributed by atoms with Crippen molar-refractivity contribution in [2.24, 2.45) is 5.92 Å². The van der Waals surface area contributed by atoms with E-state index in [1.54, 1.807) is 0 Å². The average molecular weight is 146 g/mol. The van der Waals surface area contributed by atoms with Crippen molar-refractivity contribution >= 4 is 5.97 Å². The third-order valence-electron chi connectivity index (χ3n) is 1.54. The molecule has 1 fully saturated rings. The monoisotopic (exact) mass is 146 g/mol. The highest BCUT2D eigenvalue weighted by atomic mass is 16.5. The molecule has 0 aromatic carbocycles. The van der Waals surface area contributed by atoms with Crippen molar-refractivity contribution in [1.82, 2.24) is 0 Å². The second-order valence-corrected chi connectivity index (χ2v) is 2.46. The Kier molecular flexibility index (Phi) is 2.24. The number of hydrogen-bond donors (Lipinski definition) is 2. The summed E-state index contributed by atoms with van der Waals surface area (Å²) in [5.74, 6) is -1.41. The molecule has 1 heterocycles. The molecular formula is C6H10O4. The van der Waals surface area contributed by atoms with Crippen LogP contribution in [0.2, 0.25) is 0 Å². The molecule has 10 heavy (non-hydrogen) atoms. The number of carbonyl (C=O) groups is 1. The number of ether oxygens (including phenoxy) is 1. The summed E-state index contributed by atoms with van der Waals surface area (Å²) in [6.07, 6.45) is -0.287. The van der Waals surface area contributed by atoms with Gasteiger partial charge in [0.2, 0.25) is 0 Å². The summed E-state index contributed by atoms with van der Waals surface area (Å²) in [6.45, 7) is 0.496. The topological polar surface area (TPSA) is 66.8 Å². The van der Waals surface area contributed by atoms with E-state index in [9.17, 15) is 4.79 Å². The number of aliphatic carboxylic acids is 1. The first kappa shape index (κ1) is 7.50. The van der Waals surface area contributed by atoms with Crippen LogP contribution in [0.25, 0.3) is 0 Å². The van der Waals surface area contributed by atoms with Gasteiger partial charge < -0.3 is 14.9 Å². The number of aliphatic hydroxyl groups is 1. The highest BCUT2D eigenvalue weighted by molar-refractivity contribution is 5.70. The summed E-state index contributed by atoms with van der Waals surface area (Å²) in [7, 11) is 0. The molecule has 2 atom stereocenters. The van der Waals surface area contributed by atoms with Crippen molar-refractivity contribution in [1.29, 1.82) is 0 Å². The van der Waals surface area contributed by atoms with Gasteiger partial charge >= 0.3 is 5.97 Å². The Labute approximate surface area is 58.4 Å². The van der Waals surface area contributed by atoms with Crippen molar-refractivity contribution in [3.8, 4) is 0 Å². The molecule has 0 aliphatic carbocycles. The fraction of sp³-hybridized carbons (Fsp3) is 0.833. The van der Waals surface area contributed by atoms with Crippen LogP contribution in [0, 0.1) is 5.92 Å². The molecule has 4 nitrogen and oxygen atoms in total. The van der Waals surface area contributed by atoms with Crippen LogP contribution in [0.4, 0.5) is 0 Å². The number of hydrogen-bond acceptors (Lipinski definition) is 3. The van der Waals surface area contributed by atoms with Crippen LogP contribution in [0.15, 0.2) is 0 Å². The standard InChI is InChI=1S/C6H10O4/c7-5-1-4(6(8)9)2-10-3-5/h4-5,7H,1-3H2,(H,8,9). The summed E-state index contributed by atoms with van der Waals surface area (Å²) in [4.78, 5) is 10.3. The third kappa shape index (κ3) is 1.68. The average Bonchev–Trinajstić information content (AvgIpc) is 1.88. The highest BCUT2D eigenvalue weighted by Crippen LogP contribution is 2.13. The van der Waals surface area contributed by atoms with E-state index in [2.05, 4.69) is 0 Å².